The summed E-state index contributed by atoms with van der Waals surface area (Å²) in [6.07, 6.45) is 3.99. The normalized spacial score (nSPS) is 15.5. The second-order valence-corrected chi connectivity index (χ2v) is 6.21. The molecule has 0 aliphatic heterocycles. The zero-order valence-corrected chi connectivity index (χ0v) is 13.8. The number of carboxylic acids is 1. The maximum absolute atomic E-state index is 12.5. The van der Waals surface area contributed by atoms with Crippen LogP contribution in [-0.4, -0.2) is 27.5 Å². The van der Waals surface area contributed by atoms with Gasteiger partial charge in [0.15, 0.2) is 0 Å². The number of carbonyl (C=O) groups is 2. The highest BCUT2D eigenvalue weighted by atomic mass is 16.5. The van der Waals surface area contributed by atoms with Crippen LogP contribution < -0.4 is 10.1 Å². The molecule has 1 fully saturated rings. The van der Waals surface area contributed by atoms with Gasteiger partial charge < -0.3 is 15.2 Å². The molecule has 0 bridgehead atoms. The van der Waals surface area contributed by atoms with Gasteiger partial charge in [-0.15, -0.1) is 0 Å². The Bertz CT molecular complexity index is 755. The van der Waals surface area contributed by atoms with Gasteiger partial charge >= 0.3 is 5.97 Å². The van der Waals surface area contributed by atoms with Crippen molar-refractivity contribution in [2.75, 3.05) is 0 Å². The predicted octanol–water partition coefficient (Wildman–Crippen LogP) is 2.79. The van der Waals surface area contributed by atoms with Crippen molar-refractivity contribution in [1.29, 1.82) is 0 Å². The molecule has 1 heterocycles. The van der Waals surface area contributed by atoms with Crippen molar-refractivity contribution in [3.8, 4) is 5.88 Å². The van der Waals surface area contributed by atoms with Gasteiger partial charge in [-0.25, -0.2) is 9.78 Å². The second-order valence-electron chi connectivity index (χ2n) is 6.21. The number of aromatic nitrogens is 1. The third-order valence-electron chi connectivity index (χ3n) is 4.45. The van der Waals surface area contributed by atoms with E-state index in [1.54, 1.807) is 6.07 Å². The summed E-state index contributed by atoms with van der Waals surface area (Å²) in [5, 5.41) is 12.2. The molecule has 25 heavy (non-hydrogen) atoms. The Balaban J connectivity index is 1.68. The molecule has 1 aromatic carbocycles. The molecule has 6 heteroatoms. The minimum atomic E-state index is -1.16. The van der Waals surface area contributed by atoms with Crippen LogP contribution in [-0.2, 0) is 11.4 Å². The largest absolute Gasteiger partial charge is 0.480 e. The molecule has 0 spiro atoms. The Morgan fingerprint density at radius 3 is 2.56 bits per heavy atom. The number of benzene rings is 1. The molecule has 0 unspecified atom stereocenters. The first-order chi connectivity index (χ1) is 12.1. The molecule has 2 aromatic rings. The van der Waals surface area contributed by atoms with E-state index in [9.17, 15) is 14.7 Å². The number of nitrogens with zero attached hydrogens (tertiary/aromatic N) is 1. The van der Waals surface area contributed by atoms with Gasteiger partial charge in [-0.3, -0.25) is 4.79 Å². The minimum Gasteiger partial charge on any atom is -0.480 e. The van der Waals surface area contributed by atoms with Crippen LogP contribution in [0.15, 0.2) is 48.7 Å². The number of hydrogen-bond donors (Lipinski definition) is 2. The van der Waals surface area contributed by atoms with Gasteiger partial charge in [0.1, 0.15) is 12.1 Å². The van der Waals surface area contributed by atoms with E-state index in [4.69, 9.17) is 4.74 Å². The number of pyridine rings is 1. The molecular formula is C19H20N2O4. The van der Waals surface area contributed by atoms with Gasteiger partial charge in [0, 0.05) is 17.8 Å². The summed E-state index contributed by atoms with van der Waals surface area (Å²) in [6.45, 7) is 0.345. The van der Waals surface area contributed by atoms with Crippen LogP contribution >= 0.6 is 0 Å². The lowest BCUT2D eigenvalue weighted by molar-refractivity contribution is -0.144. The number of carbonyl (C=O) groups excluding carboxylic acids is 1. The van der Waals surface area contributed by atoms with E-state index in [1.165, 1.54) is 12.3 Å². The number of amides is 1. The highest BCUT2D eigenvalue weighted by Crippen LogP contribution is 2.30. The third-order valence-corrected chi connectivity index (χ3v) is 4.45. The van der Waals surface area contributed by atoms with Crippen molar-refractivity contribution in [3.63, 3.8) is 0 Å². The molecule has 1 saturated carbocycles. The summed E-state index contributed by atoms with van der Waals surface area (Å²) in [4.78, 5) is 28.1. The molecule has 1 aliphatic carbocycles. The fourth-order valence-electron chi connectivity index (χ4n) is 3.02. The summed E-state index contributed by atoms with van der Waals surface area (Å²) < 4.78 is 5.62. The average Bonchev–Trinajstić information content (AvgIpc) is 3.11. The van der Waals surface area contributed by atoms with Crippen LogP contribution in [0.1, 0.15) is 41.6 Å². The lowest BCUT2D eigenvalue weighted by atomic mass is 9.97. The highest BCUT2D eigenvalue weighted by molar-refractivity contribution is 5.98. The number of nitrogens with one attached hydrogen (secondary N) is 1. The first-order valence-corrected chi connectivity index (χ1v) is 8.28. The van der Waals surface area contributed by atoms with Crippen molar-refractivity contribution in [2.24, 2.45) is 0 Å². The average molecular weight is 340 g/mol. The van der Waals surface area contributed by atoms with E-state index in [0.29, 0.717) is 30.9 Å². The van der Waals surface area contributed by atoms with Gasteiger partial charge in [0.25, 0.3) is 5.91 Å². The molecule has 6 nitrogen and oxygen atoms in total. The minimum absolute atomic E-state index is 0.326. The Morgan fingerprint density at radius 2 is 1.88 bits per heavy atom. The summed E-state index contributed by atoms with van der Waals surface area (Å²) in [6, 6.07) is 12.7. The molecule has 1 amide bonds. The van der Waals surface area contributed by atoms with Gasteiger partial charge in [0.2, 0.25) is 5.88 Å². The maximum Gasteiger partial charge on any atom is 0.329 e. The van der Waals surface area contributed by atoms with E-state index in [2.05, 4.69) is 10.3 Å². The van der Waals surface area contributed by atoms with Crippen LogP contribution in [0.2, 0.25) is 0 Å². The summed E-state index contributed by atoms with van der Waals surface area (Å²) >= 11 is 0. The first kappa shape index (κ1) is 17.0. The van der Waals surface area contributed by atoms with Crippen LogP contribution in [0, 0.1) is 0 Å². The van der Waals surface area contributed by atoms with Crippen molar-refractivity contribution in [1.82, 2.24) is 10.3 Å². The summed E-state index contributed by atoms with van der Waals surface area (Å²) in [7, 11) is 0. The van der Waals surface area contributed by atoms with Gasteiger partial charge in [-0.2, -0.15) is 0 Å². The Hall–Kier alpha value is -2.89. The Morgan fingerprint density at radius 1 is 1.16 bits per heavy atom. The van der Waals surface area contributed by atoms with E-state index >= 15 is 0 Å². The van der Waals surface area contributed by atoms with Crippen molar-refractivity contribution in [2.45, 2.75) is 37.8 Å². The second kappa shape index (κ2) is 7.34. The van der Waals surface area contributed by atoms with Crippen molar-refractivity contribution < 1.29 is 19.4 Å². The number of ether oxygens (including phenoxy) is 1. The lowest BCUT2D eigenvalue weighted by Gasteiger charge is -2.25. The van der Waals surface area contributed by atoms with E-state index in [1.807, 2.05) is 30.3 Å². The molecule has 0 radical (unpaired) electrons. The number of carboxylic acid groups (broad SMARTS) is 1. The fourth-order valence-corrected chi connectivity index (χ4v) is 3.02. The lowest BCUT2D eigenvalue weighted by Crippen LogP contribution is -2.52. The molecule has 3 rings (SSSR count). The van der Waals surface area contributed by atoms with Crippen LogP contribution in [0.4, 0.5) is 0 Å². The van der Waals surface area contributed by atoms with Crippen LogP contribution in [0.3, 0.4) is 0 Å². The molecule has 1 aromatic heterocycles. The van der Waals surface area contributed by atoms with Crippen molar-refractivity contribution in [3.05, 3.63) is 59.8 Å². The first-order valence-electron chi connectivity index (χ1n) is 8.28. The molecule has 1 aliphatic rings. The summed E-state index contributed by atoms with van der Waals surface area (Å²) in [5.41, 5.74) is 0.173. The van der Waals surface area contributed by atoms with E-state index < -0.39 is 17.4 Å². The van der Waals surface area contributed by atoms with E-state index in [0.717, 1.165) is 18.4 Å². The fraction of sp³-hybridized carbons (Fsp3) is 0.316. The molecule has 0 atom stereocenters. The van der Waals surface area contributed by atoms with Crippen molar-refractivity contribution >= 4 is 11.9 Å². The van der Waals surface area contributed by atoms with Crippen LogP contribution in [0.25, 0.3) is 0 Å². The zero-order valence-electron chi connectivity index (χ0n) is 13.8. The Labute approximate surface area is 145 Å². The smallest absolute Gasteiger partial charge is 0.329 e. The van der Waals surface area contributed by atoms with Gasteiger partial charge in [-0.1, -0.05) is 43.2 Å². The third kappa shape index (κ3) is 3.96. The number of aliphatic carboxylic acids is 1. The topological polar surface area (TPSA) is 88.5 Å². The standard InChI is InChI=1S/C19H20N2O4/c22-17(21-19(18(23)24)9-4-5-10-19)15-8-11-20-16(12-15)25-13-14-6-2-1-3-7-14/h1-3,6-8,11-12H,4-5,9-10,13H2,(H,21,22)(H,23,24). The molecule has 2 N–H and O–H groups in total. The molecule has 0 saturated heterocycles. The monoisotopic (exact) mass is 340 g/mol. The zero-order chi connectivity index (χ0) is 17.7. The highest BCUT2D eigenvalue weighted by Gasteiger charge is 2.42. The number of hydrogen-bond acceptors (Lipinski definition) is 4. The number of rotatable bonds is 6. The SMILES string of the molecule is O=C(NC1(C(=O)O)CCCC1)c1ccnc(OCc2ccccc2)c1. The van der Waals surface area contributed by atoms with Gasteiger partial charge in [-0.05, 0) is 24.5 Å². The predicted molar refractivity (Wildman–Crippen MR) is 91.3 cm³/mol. The Kier molecular flexibility index (Phi) is 4.97. The van der Waals surface area contributed by atoms with Crippen LogP contribution in [0.5, 0.6) is 5.88 Å². The quantitative estimate of drug-likeness (QED) is 0.844. The molecular weight excluding hydrogens is 320 g/mol. The molecule has 130 valence electrons. The van der Waals surface area contributed by atoms with Gasteiger partial charge in [0.05, 0.1) is 0 Å². The summed E-state index contributed by atoms with van der Waals surface area (Å²) in [5.74, 6) is -1.07. The maximum atomic E-state index is 12.5. The van der Waals surface area contributed by atoms with E-state index in [-0.39, 0.29) is 0 Å².